The summed E-state index contributed by atoms with van der Waals surface area (Å²) in [5, 5.41) is 0. The van der Waals surface area contributed by atoms with E-state index in [1.54, 1.807) is 12.0 Å². The second-order valence-electron chi connectivity index (χ2n) is 7.38. The van der Waals surface area contributed by atoms with Crippen LogP contribution in [0.25, 0.3) is 0 Å². The average molecular weight is 490 g/mol. The molecule has 0 atom stereocenters. The summed E-state index contributed by atoms with van der Waals surface area (Å²) in [5.74, 6) is 0.506. The van der Waals surface area contributed by atoms with Crippen LogP contribution >= 0.6 is 24.0 Å². The summed E-state index contributed by atoms with van der Waals surface area (Å²) in [6.07, 6.45) is -0.275. The third kappa shape index (κ3) is 7.92. The van der Waals surface area contributed by atoms with E-state index in [1.807, 2.05) is 43.9 Å². The minimum atomic E-state index is -0.480. The summed E-state index contributed by atoms with van der Waals surface area (Å²) >= 11 is 0. The van der Waals surface area contributed by atoms with Crippen molar-refractivity contribution in [2.75, 3.05) is 33.3 Å². The second-order valence-corrected chi connectivity index (χ2v) is 7.38. The Morgan fingerprint density at radius 2 is 1.74 bits per heavy atom. The number of carbonyl (C=O) groups excluding carboxylic acids is 1. The standard InChI is InChI=1S/C19H30N4O3.HI/c1-19(2,3)26-18(24)23-10-8-22(9-11-23)17(20)21-13-15-6-5-7-16(12-15)14-25-4;/h5-7,12H,8-11,13-14H2,1-4H3,(H2,20,21);1H. The molecule has 0 aliphatic carbocycles. The molecule has 0 radical (unpaired) electrons. The first kappa shape index (κ1) is 23.5. The van der Waals surface area contributed by atoms with Crippen LogP contribution in [0.1, 0.15) is 31.9 Å². The van der Waals surface area contributed by atoms with Gasteiger partial charge in [0, 0.05) is 33.3 Å². The number of benzene rings is 1. The zero-order chi connectivity index (χ0) is 19.2. The van der Waals surface area contributed by atoms with Crippen molar-refractivity contribution in [1.82, 2.24) is 9.80 Å². The summed E-state index contributed by atoms with van der Waals surface area (Å²) in [4.78, 5) is 20.3. The Bertz CT molecular complexity index is 638. The Hall–Kier alpha value is -1.55. The van der Waals surface area contributed by atoms with Gasteiger partial charge in [0.15, 0.2) is 5.96 Å². The molecule has 152 valence electrons. The number of halogens is 1. The Morgan fingerprint density at radius 3 is 2.33 bits per heavy atom. The maximum absolute atomic E-state index is 12.1. The predicted molar refractivity (Wildman–Crippen MR) is 117 cm³/mol. The van der Waals surface area contributed by atoms with Crippen LogP contribution in [0.15, 0.2) is 29.3 Å². The van der Waals surface area contributed by atoms with Gasteiger partial charge < -0.3 is 25.0 Å². The third-order valence-electron chi connectivity index (χ3n) is 3.98. The molecule has 0 unspecified atom stereocenters. The molecule has 1 aliphatic rings. The molecule has 1 fully saturated rings. The van der Waals surface area contributed by atoms with E-state index in [4.69, 9.17) is 15.2 Å². The lowest BCUT2D eigenvalue weighted by Crippen LogP contribution is -2.53. The van der Waals surface area contributed by atoms with Crippen LogP contribution in [0.3, 0.4) is 0 Å². The predicted octanol–water partition coefficient (Wildman–Crippen LogP) is 2.82. The van der Waals surface area contributed by atoms with Gasteiger partial charge in [-0.3, -0.25) is 0 Å². The highest BCUT2D eigenvalue weighted by molar-refractivity contribution is 14.0. The lowest BCUT2D eigenvalue weighted by Gasteiger charge is -2.36. The van der Waals surface area contributed by atoms with Crippen molar-refractivity contribution in [2.45, 2.75) is 39.5 Å². The number of hydrogen-bond acceptors (Lipinski definition) is 4. The number of carbonyl (C=O) groups is 1. The van der Waals surface area contributed by atoms with Gasteiger partial charge in [-0.05, 0) is 31.9 Å². The lowest BCUT2D eigenvalue weighted by atomic mass is 10.1. The molecule has 1 aromatic rings. The molecule has 2 N–H and O–H groups in total. The van der Waals surface area contributed by atoms with Gasteiger partial charge in [-0.2, -0.15) is 0 Å². The molecule has 2 rings (SSSR count). The van der Waals surface area contributed by atoms with Gasteiger partial charge in [-0.25, -0.2) is 9.79 Å². The van der Waals surface area contributed by atoms with E-state index in [-0.39, 0.29) is 30.1 Å². The number of aliphatic imine (C=N–C) groups is 1. The minimum absolute atomic E-state index is 0. The highest BCUT2D eigenvalue weighted by atomic mass is 127. The van der Waals surface area contributed by atoms with Crippen LogP contribution in [0.2, 0.25) is 0 Å². The number of methoxy groups -OCH3 is 1. The fraction of sp³-hybridized carbons (Fsp3) is 0.579. The number of guanidine groups is 1. The van der Waals surface area contributed by atoms with Crippen molar-refractivity contribution in [1.29, 1.82) is 0 Å². The third-order valence-corrected chi connectivity index (χ3v) is 3.98. The molecule has 1 saturated heterocycles. The Balaban J connectivity index is 0.00000364. The molecule has 1 aromatic carbocycles. The lowest BCUT2D eigenvalue weighted by molar-refractivity contribution is 0.0186. The Morgan fingerprint density at radius 1 is 1.15 bits per heavy atom. The van der Waals surface area contributed by atoms with Gasteiger partial charge >= 0.3 is 6.09 Å². The fourth-order valence-corrected chi connectivity index (χ4v) is 2.70. The van der Waals surface area contributed by atoms with E-state index in [1.165, 1.54) is 0 Å². The van der Waals surface area contributed by atoms with Gasteiger partial charge in [0.2, 0.25) is 0 Å². The topological polar surface area (TPSA) is 80.4 Å². The molecule has 0 aromatic heterocycles. The maximum atomic E-state index is 12.1. The van der Waals surface area contributed by atoms with E-state index >= 15 is 0 Å². The van der Waals surface area contributed by atoms with Gasteiger partial charge in [0.05, 0.1) is 13.2 Å². The van der Waals surface area contributed by atoms with Crippen LogP contribution in [0.5, 0.6) is 0 Å². The SMILES string of the molecule is COCc1cccc(CN=C(N)N2CCN(C(=O)OC(C)(C)C)CC2)c1.I. The van der Waals surface area contributed by atoms with E-state index in [9.17, 15) is 4.79 Å². The van der Waals surface area contributed by atoms with E-state index < -0.39 is 5.60 Å². The number of amides is 1. The number of nitrogens with two attached hydrogens (primary N) is 1. The molecular weight excluding hydrogens is 459 g/mol. The van der Waals surface area contributed by atoms with Crippen molar-refractivity contribution in [3.63, 3.8) is 0 Å². The summed E-state index contributed by atoms with van der Waals surface area (Å²) in [5.41, 5.74) is 7.86. The van der Waals surface area contributed by atoms with Crippen molar-refractivity contribution < 1.29 is 14.3 Å². The van der Waals surface area contributed by atoms with E-state index in [2.05, 4.69) is 11.1 Å². The zero-order valence-electron chi connectivity index (χ0n) is 16.6. The summed E-state index contributed by atoms with van der Waals surface area (Å²) in [6, 6.07) is 8.11. The highest BCUT2D eigenvalue weighted by Gasteiger charge is 2.26. The van der Waals surface area contributed by atoms with Crippen LogP contribution in [-0.2, 0) is 22.6 Å². The number of piperazine rings is 1. The molecule has 27 heavy (non-hydrogen) atoms. The Kier molecular flexibility index (Phi) is 9.31. The molecule has 0 bridgehead atoms. The second kappa shape index (κ2) is 10.7. The van der Waals surface area contributed by atoms with Crippen molar-refractivity contribution in [2.24, 2.45) is 10.7 Å². The minimum Gasteiger partial charge on any atom is -0.444 e. The largest absolute Gasteiger partial charge is 0.444 e. The molecule has 1 aliphatic heterocycles. The normalized spacial score (nSPS) is 15.3. The summed E-state index contributed by atoms with van der Waals surface area (Å²) < 4.78 is 10.6. The summed E-state index contributed by atoms with van der Waals surface area (Å²) in [6.45, 7) is 9.17. The zero-order valence-corrected chi connectivity index (χ0v) is 18.9. The number of rotatable bonds is 4. The molecule has 0 saturated carbocycles. The van der Waals surface area contributed by atoms with Crippen LogP contribution in [0, 0.1) is 0 Å². The summed E-state index contributed by atoms with van der Waals surface area (Å²) in [7, 11) is 1.68. The molecule has 8 heteroatoms. The Labute approximate surface area is 178 Å². The quantitative estimate of drug-likeness (QED) is 0.399. The fourth-order valence-electron chi connectivity index (χ4n) is 2.70. The smallest absolute Gasteiger partial charge is 0.410 e. The van der Waals surface area contributed by atoms with E-state index in [0.717, 1.165) is 11.1 Å². The van der Waals surface area contributed by atoms with Crippen molar-refractivity contribution in [3.05, 3.63) is 35.4 Å². The number of ether oxygens (including phenoxy) is 2. The average Bonchev–Trinajstić information content (AvgIpc) is 2.59. The monoisotopic (exact) mass is 490 g/mol. The first-order valence-corrected chi connectivity index (χ1v) is 8.88. The first-order valence-electron chi connectivity index (χ1n) is 8.88. The van der Waals surface area contributed by atoms with Gasteiger partial charge in [0.25, 0.3) is 0 Å². The molecule has 1 amide bonds. The number of nitrogens with zero attached hydrogens (tertiary/aromatic N) is 3. The van der Waals surface area contributed by atoms with Gasteiger partial charge in [-0.1, -0.05) is 24.3 Å². The number of hydrogen-bond donors (Lipinski definition) is 1. The van der Waals surface area contributed by atoms with Gasteiger partial charge in [0.1, 0.15) is 5.60 Å². The molecule has 1 heterocycles. The molecule has 7 nitrogen and oxygen atoms in total. The van der Waals surface area contributed by atoms with Crippen LogP contribution in [0.4, 0.5) is 4.79 Å². The van der Waals surface area contributed by atoms with Crippen molar-refractivity contribution >= 4 is 36.0 Å². The maximum Gasteiger partial charge on any atom is 0.410 e. The van der Waals surface area contributed by atoms with E-state index in [0.29, 0.717) is 45.3 Å². The molecule has 0 spiro atoms. The van der Waals surface area contributed by atoms with Crippen LogP contribution in [-0.4, -0.2) is 60.7 Å². The first-order chi connectivity index (χ1) is 12.3. The molecular formula is C19H31IN4O3. The van der Waals surface area contributed by atoms with Crippen LogP contribution < -0.4 is 5.73 Å². The van der Waals surface area contributed by atoms with Gasteiger partial charge in [-0.15, -0.1) is 24.0 Å². The highest BCUT2D eigenvalue weighted by Crippen LogP contribution is 2.12. The van der Waals surface area contributed by atoms with Crippen molar-refractivity contribution in [3.8, 4) is 0 Å².